The normalized spacial score (nSPS) is 11.0. The van der Waals surface area contributed by atoms with E-state index in [9.17, 15) is 4.79 Å². The van der Waals surface area contributed by atoms with Gasteiger partial charge in [0.05, 0.1) is 6.61 Å². The number of nitrogens with zero attached hydrogens (tertiary/aromatic N) is 1. The van der Waals surface area contributed by atoms with Crippen LogP contribution in [0.2, 0.25) is 0 Å². The van der Waals surface area contributed by atoms with E-state index < -0.39 is 0 Å². The largest absolute Gasteiger partial charge is 0.462 e. The molecule has 0 saturated heterocycles. The molecule has 3 nitrogen and oxygen atoms in total. The molecule has 70 valence electrons. The molecular formula is C9H17NO2. The summed E-state index contributed by atoms with van der Waals surface area (Å²) in [6, 6.07) is 0. The van der Waals surface area contributed by atoms with Gasteiger partial charge in [-0.1, -0.05) is 6.08 Å². The molecule has 0 fully saturated rings. The van der Waals surface area contributed by atoms with E-state index in [0.29, 0.717) is 6.61 Å². The van der Waals surface area contributed by atoms with Crippen LogP contribution in [0.4, 0.5) is 0 Å². The summed E-state index contributed by atoms with van der Waals surface area (Å²) in [6.07, 6.45) is 3.99. The van der Waals surface area contributed by atoms with Crippen molar-refractivity contribution in [3.8, 4) is 0 Å². The van der Waals surface area contributed by atoms with Gasteiger partial charge in [0.15, 0.2) is 0 Å². The molecule has 3 heteroatoms. The van der Waals surface area contributed by atoms with E-state index >= 15 is 0 Å². The van der Waals surface area contributed by atoms with Gasteiger partial charge in [0, 0.05) is 12.6 Å². The maximum absolute atomic E-state index is 10.8. The van der Waals surface area contributed by atoms with Crippen LogP contribution in [-0.2, 0) is 9.53 Å². The van der Waals surface area contributed by atoms with Gasteiger partial charge in [-0.15, -0.1) is 0 Å². The molecule has 0 amide bonds. The molecule has 0 aliphatic rings. The van der Waals surface area contributed by atoms with E-state index in [1.807, 2.05) is 14.1 Å². The number of ether oxygens (including phenoxy) is 1. The highest BCUT2D eigenvalue weighted by Crippen LogP contribution is 1.87. The molecule has 0 spiro atoms. The Morgan fingerprint density at radius 1 is 1.50 bits per heavy atom. The average molecular weight is 171 g/mol. The van der Waals surface area contributed by atoms with Gasteiger partial charge in [-0.2, -0.15) is 0 Å². The summed E-state index contributed by atoms with van der Waals surface area (Å²) in [5, 5.41) is 0. The summed E-state index contributed by atoms with van der Waals surface area (Å²) in [7, 11) is 3.99. The van der Waals surface area contributed by atoms with E-state index in [1.165, 1.54) is 6.08 Å². The number of carbonyl (C=O) groups is 1. The number of hydrogen-bond donors (Lipinski definition) is 0. The molecule has 0 atom stereocenters. The van der Waals surface area contributed by atoms with Crippen molar-refractivity contribution >= 4 is 5.97 Å². The first kappa shape index (κ1) is 11.2. The zero-order chi connectivity index (χ0) is 9.40. The molecular weight excluding hydrogens is 154 g/mol. The summed E-state index contributed by atoms with van der Waals surface area (Å²) in [4.78, 5) is 12.8. The van der Waals surface area contributed by atoms with E-state index in [0.717, 1.165) is 13.0 Å². The van der Waals surface area contributed by atoms with Crippen molar-refractivity contribution in [1.29, 1.82) is 0 Å². The number of allylic oxidation sites excluding steroid dienone is 1. The first-order valence-corrected chi connectivity index (χ1v) is 4.11. The molecule has 0 aromatic heterocycles. The van der Waals surface area contributed by atoms with Crippen LogP contribution >= 0.6 is 0 Å². The number of hydrogen-bond acceptors (Lipinski definition) is 3. The average Bonchev–Trinajstić information content (AvgIpc) is 1.98. The summed E-state index contributed by atoms with van der Waals surface area (Å²) in [6.45, 7) is 3.24. The molecule has 0 aliphatic carbocycles. The van der Waals surface area contributed by atoms with Crippen LogP contribution in [0, 0.1) is 0 Å². The quantitative estimate of drug-likeness (QED) is 0.352. The van der Waals surface area contributed by atoms with Crippen LogP contribution in [0.1, 0.15) is 13.3 Å². The number of rotatable bonds is 5. The van der Waals surface area contributed by atoms with Gasteiger partial charge in [0.2, 0.25) is 0 Å². The molecule has 0 aromatic carbocycles. The smallest absolute Gasteiger partial charge is 0.330 e. The van der Waals surface area contributed by atoms with Crippen LogP contribution in [0.5, 0.6) is 0 Å². The second-order valence-electron chi connectivity index (χ2n) is 2.82. The Bertz CT molecular complexity index is 153. The summed E-state index contributed by atoms with van der Waals surface area (Å²) >= 11 is 0. The minimum Gasteiger partial charge on any atom is -0.462 e. The number of carbonyl (C=O) groups excluding carboxylic acids is 1. The zero-order valence-corrected chi connectivity index (χ0v) is 8.04. The van der Waals surface area contributed by atoms with Gasteiger partial charge >= 0.3 is 5.97 Å². The highest BCUT2D eigenvalue weighted by Gasteiger charge is 1.95. The van der Waals surface area contributed by atoms with Gasteiger partial charge < -0.3 is 9.64 Å². The second kappa shape index (κ2) is 6.85. The number of esters is 1. The van der Waals surface area contributed by atoms with E-state index in [4.69, 9.17) is 4.74 Å². The molecule has 0 rings (SSSR count). The standard InChI is InChI=1S/C9H17NO2/c1-4-6-9(11)12-8-5-7-10(2)3/h4,6H,5,7-8H2,1-3H3/b6-4-. The molecule has 0 aromatic rings. The fraction of sp³-hybridized carbons (Fsp3) is 0.667. The third-order valence-electron chi connectivity index (χ3n) is 1.30. The summed E-state index contributed by atoms with van der Waals surface area (Å²) < 4.78 is 4.88. The molecule has 0 heterocycles. The van der Waals surface area contributed by atoms with E-state index in [1.54, 1.807) is 13.0 Å². The SMILES string of the molecule is C/C=C\C(=O)OCCCN(C)C. The molecule has 0 bridgehead atoms. The molecule has 0 unspecified atom stereocenters. The van der Waals surface area contributed by atoms with E-state index in [2.05, 4.69) is 4.90 Å². The maximum Gasteiger partial charge on any atom is 0.330 e. The van der Waals surface area contributed by atoms with Crippen LogP contribution in [0.3, 0.4) is 0 Å². The van der Waals surface area contributed by atoms with Crippen molar-refractivity contribution in [3.05, 3.63) is 12.2 Å². The lowest BCUT2D eigenvalue weighted by Gasteiger charge is -2.08. The Morgan fingerprint density at radius 3 is 2.67 bits per heavy atom. The van der Waals surface area contributed by atoms with Crippen molar-refractivity contribution in [2.75, 3.05) is 27.2 Å². The van der Waals surface area contributed by atoms with Gasteiger partial charge in [0.25, 0.3) is 0 Å². The molecule has 0 aliphatic heterocycles. The summed E-state index contributed by atoms with van der Waals surface area (Å²) in [5.41, 5.74) is 0. The fourth-order valence-electron chi connectivity index (χ4n) is 0.738. The Labute approximate surface area is 74.0 Å². The Hall–Kier alpha value is -0.830. The highest BCUT2D eigenvalue weighted by molar-refractivity contribution is 5.81. The van der Waals surface area contributed by atoms with Gasteiger partial charge in [-0.25, -0.2) is 4.79 Å². The fourth-order valence-corrected chi connectivity index (χ4v) is 0.738. The zero-order valence-electron chi connectivity index (χ0n) is 8.04. The maximum atomic E-state index is 10.8. The predicted octanol–water partition coefficient (Wildman–Crippen LogP) is 1.06. The predicted molar refractivity (Wildman–Crippen MR) is 48.9 cm³/mol. The first-order valence-electron chi connectivity index (χ1n) is 4.11. The molecule has 0 N–H and O–H groups in total. The Kier molecular flexibility index (Phi) is 6.38. The van der Waals surface area contributed by atoms with Crippen LogP contribution in [0.15, 0.2) is 12.2 Å². The third-order valence-corrected chi connectivity index (χ3v) is 1.30. The minimum atomic E-state index is -0.253. The third kappa shape index (κ3) is 7.28. The monoisotopic (exact) mass is 171 g/mol. The van der Waals surface area contributed by atoms with Crippen LogP contribution in [0.25, 0.3) is 0 Å². The lowest BCUT2D eigenvalue weighted by molar-refractivity contribution is -0.137. The van der Waals surface area contributed by atoms with Crippen molar-refractivity contribution in [3.63, 3.8) is 0 Å². The lowest BCUT2D eigenvalue weighted by atomic mass is 10.4. The Morgan fingerprint density at radius 2 is 2.17 bits per heavy atom. The van der Waals surface area contributed by atoms with Gasteiger partial charge in [0.1, 0.15) is 0 Å². The van der Waals surface area contributed by atoms with E-state index in [-0.39, 0.29) is 5.97 Å². The van der Waals surface area contributed by atoms with Gasteiger partial charge in [-0.05, 0) is 27.4 Å². The van der Waals surface area contributed by atoms with Crippen LogP contribution in [-0.4, -0.2) is 38.1 Å². The topological polar surface area (TPSA) is 29.5 Å². The lowest BCUT2D eigenvalue weighted by Crippen LogP contribution is -2.15. The Balaban J connectivity index is 3.25. The molecule has 12 heavy (non-hydrogen) atoms. The van der Waals surface area contributed by atoms with Crippen molar-refractivity contribution < 1.29 is 9.53 Å². The van der Waals surface area contributed by atoms with Crippen molar-refractivity contribution in [2.45, 2.75) is 13.3 Å². The minimum absolute atomic E-state index is 0.253. The molecule has 0 radical (unpaired) electrons. The summed E-state index contributed by atoms with van der Waals surface area (Å²) in [5.74, 6) is -0.253. The molecule has 0 saturated carbocycles. The van der Waals surface area contributed by atoms with Crippen molar-refractivity contribution in [1.82, 2.24) is 4.90 Å². The van der Waals surface area contributed by atoms with Crippen LogP contribution < -0.4 is 0 Å². The van der Waals surface area contributed by atoms with Crippen molar-refractivity contribution in [2.24, 2.45) is 0 Å². The first-order chi connectivity index (χ1) is 5.66. The van der Waals surface area contributed by atoms with Gasteiger partial charge in [-0.3, -0.25) is 0 Å². The second-order valence-corrected chi connectivity index (χ2v) is 2.82. The highest BCUT2D eigenvalue weighted by atomic mass is 16.5.